The molecule has 0 aliphatic heterocycles. The number of carbonyl (C=O) groups is 1. The van der Waals surface area contributed by atoms with Crippen LogP contribution < -0.4 is 5.32 Å². The number of nitrogens with one attached hydrogen (secondary N) is 1. The van der Waals surface area contributed by atoms with E-state index in [0.717, 1.165) is 13.0 Å². The van der Waals surface area contributed by atoms with Crippen molar-refractivity contribution in [1.82, 2.24) is 5.32 Å². The summed E-state index contributed by atoms with van der Waals surface area (Å²) in [6.07, 6.45) is 0.824. The van der Waals surface area contributed by atoms with Gasteiger partial charge in [0.05, 0.1) is 25.9 Å². The van der Waals surface area contributed by atoms with Gasteiger partial charge in [-0.25, -0.2) is 0 Å². The SMILES string of the molecule is COCCOCCCNCC(=O)OC(C)C. The van der Waals surface area contributed by atoms with Crippen LogP contribution in [0.4, 0.5) is 0 Å². The highest BCUT2D eigenvalue weighted by atomic mass is 16.5. The summed E-state index contributed by atoms with van der Waals surface area (Å²) < 4.78 is 15.1. The Morgan fingerprint density at radius 1 is 1.25 bits per heavy atom. The molecular formula is C11H23NO4. The van der Waals surface area contributed by atoms with Gasteiger partial charge >= 0.3 is 5.97 Å². The van der Waals surface area contributed by atoms with Gasteiger partial charge in [-0.2, -0.15) is 0 Å². The van der Waals surface area contributed by atoms with Crippen molar-refractivity contribution in [2.45, 2.75) is 26.4 Å². The van der Waals surface area contributed by atoms with E-state index in [1.165, 1.54) is 0 Å². The zero-order chi connectivity index (χ0) is 12.2. The molecule has 0 amide bonds. The van der Waals surface area contributed by atoms with Crippen LogP contribution in [0.3, 0.4) is 0 Å². The molecule has 0 unspecified atom stereocenters. The quantitative estimate of drug-likeness (QED) is 0.442. The summed E-state index contributed by atoms with van der Waals surface area (Å²) in [4.78, 5) is 11.1. The van der Waals surface area contributed by atoms with Crippen LogP contribution in [0.1, 0.15) is 20.3 Å². The fraction of sp³-hybridized carbons (Fsp3) is 0.909. The molecule has 1 N–H and O–H groups in total. The zero-order valence-electron chi connectivity index (χ0n) is 10.5. The van der Waals surface area contributed by atoms with E-state index in [0.29, 0.717) is 19.8 Å². The normalized spacial score (nSPS) is 10.8. The van der Waals surface area contributed by atoms with Crippen LogP contribution in [0.2, 0.25) is 0 Å². The molecule has 0 aromatic carbocycles. The van der Waals surface area contributed by atoms with Crippen LogP contribution in [0.25, 0.3) is 0 Å². The van der Waals surface area contributed by atoms with E-state index in [-0.39, 0.29) is 18.6 Å². The minimum atomic E-state index is -0.213. The van der Waals surface area contributed by atoms with Crippen molar-refractivity contribution < 1.29 is 19.0 Å². The van der Waals surface area contributed by atoms with Crippen LogP contribution >= 0.6 is 0 Å². The van der Waals surface area contributed by atoms with Crippen LogP contribution in [0.5, 0.6) is 0 Å². The Morgan fingerprint density at radius 3 is 2.62 bits per heavy atom. The van der Waals surface area contributed by atoms with Crippen molar-refractivity contribution in [3.05, 3.63) is 0 Å². The van der Waals surface area contributed by atoms with Gasteiger partial charge in [0, 0.05) is 13.7 Å². The summed E-state index contributed by atoms with van der Waals surface area (Å²) in [5.41, 5.74) is 0. The molecule has 0 aliphatic carbocycles. The molecule has 0 heterocycles. The average molecular weight is 233 g/mol. The highest BCUT2D eigenvalue weighted by molar-refractivity contribution is 5.71. The van der Waals surface area contributed by atoms with Crippen molar-refractivity contribution in [3.63, 3.8) is 0 Å². The molecule has 0 saturated heterocycles. The number of ether oxygens (including phenoxy) is 3. The molecule has 96 valence electrons. The Kier molecular flexibility index (Phi) is 10.4. The van der Waals surface area contributed by atoms with Crippen molar-refractivity contribution in [3.8, 4) is 0 Å². The minimum Gasteiger partial charge on any atom is -0.462 e. The lowest BCUT2D eigenvalue weighted by Crippen LogP contribution is -2.27. The average Bonchev–Trinajstić information content (AvgIpc) is 2.21. The lowest BCUT2D eigenvalue weighted by Gasteiger charge is -2.08. The second kappa shape index (κ2) is 10.9. The monoisotopic (exact) mass is 233 g/mol. The lowest BCUT2D eigenvalue weighted by atomic mass is 10.4. The van der Waals surface area contributed by atoms with E-state index in [1.807, 2.05) is 13.8 Å². The number of rotatable bonds is 10. The van der Waals surface area contributed by atoms with Crippen molar-refractivity contribution >= 4 is 5.97 Å². The summed E-state index contributed by atoms with van der Waals surface area (Å²) in [6.45, 7) is 6.59. The number of esters is 1. The van der Waals surface area contributed by atoms with E-state index < -0.39 is 0 Å². The van der Waals surface area contributed by atoms with E-state index in [4.69, 9.17) is 14.2 Å². The predicted molar refractivity (Wildman–Crippen MR) is 61.4 cm³/mol. The Hall–Kier alpha value is -0.650. The smallest absolute Gasteiger partial charge is 0.320 e. The maximum Gasteiger partial charge on any atom is 0.320 e. The first-order chi connectivity index (χ1) is 7.66. The third-order valence-corrected chi connectivity index (χ3v) is 1.71. The van der Waals surface area contributed by atoms with E-state index in [1.54, 1.807) is 7.11 Å². The molecule has 0 aromatic heterocycles. The minimum absolute atomic E-state index is 0.0494. The van der Waals surface area contributed by atoms with Crippen LogP contribution in [-0.4, -0.2) is 52.1 Å². The molecule has 0 fully saturated rings. The maximum atomic E-state index is 11.1. The second-order valence-corrected chi connectivity index (χ2v) is 3.67. The zero-order valence-corrected chi connectivity index (χ0v) is 10.5. The second-order valence-electron chi connectivity index (χ2n) is 3.67. The van der Waals surface area contributed by atoms with Crippen LogP contribution in [0.15, 0.2) is 0 Å². The molecule has 0 aliphatic rings. The summed E-state index contributed by atoms with van der Waals surface area (Å²) in [7, 11) is 1.64. The third kappa shape index (κ3) is 11.4. The van der Waals surface area contributed by atoms with E-state index >= 15 is 0 Å². The number of hydrogen-bond acceptors (Lipinski definition) is 5. The standard InChI is InChI=1S/C11H23NO4/c1-10(2)16-11(13)9-12-5-4-6-15-8-7-14-3/h10,12H,4-9H2,1-3H3. The number of carbonyl (C=O) groups excluding carboxylic acids is 1. The van der Waals surface area contributed by atoms with Gasteiger partial charge in [-0.1, -0.05) is 0 Å². The molecule has 5 nitrogen and oxygen atoms in total. The van der Waals surface area contributed by atoms with Crippen molar-refractivity contribution in [1.29, 1.82) is 0 Å². The molecule has 0 bridgehead atoms. The molecule has 5 heteroatoms. The van der Waals surface area contributed by atoms with Gasteiger partial charge in [0.2, 0.25) is 0 Å². The first-order valence-corrected chi connectivity index (χ1v) is 5.63. The fourth-order valence-electron chi connectivity index (χ4n) is 1.04. The molecule has 0 spiro atoms. The van der Waals surface area contributed by atoms with E-state index in [2.05, 4.69) is 5.32 Å². The Morgan fingerprint density at radius 2 is 2.00 bits per heavy atom. The Bertz CT molecular complexity index is 173. The molecule has 0 radical (unpaired) electrons. The summed E-state index contributed by atoms with van der Waals surface area (Å²) in [5.74, 6) is -0.213. The van der Waals surface area contributed by atoms with Crippen molar-refractivity contribution in [2.24, 2.45) is 0 Å². The summed E-state index contributed by atoms with van der Waals surface area (Å²) in [6, 6.07) is 0. The Balaban J connectivity index is 3.11. The maximum absolute atomic E-state index is 11.1. The van der Waals surface area contributed by atoms with Gasteiger partial charge in [-0.15, -0.1) is 0 Å². The van der Waals surface area contributed by atoms with Gasteiger partial charge in [0.1, 0.15) is 0 Å². The van der Waals surface area contributed by atoms with Gasteiger partial charge < -0.3 is 19.5 Å². The molecule has 16 heavy (non-hydrogen) atoms. The molecule has 0 atom stereocenters. The number of methoxy groups -OCH3 is 1. The van der Waals surface area contributed by atoms with Gasteiger partial charge in [-0.05, 0) is 26.8 Å². The predicted octanol–water partition coefficient (Wildman–Crippen LogP) is 0.581. The fourth-order valence-corrected chi connectivity index (χ4v) is 1.04. The summed E-state index contributed by atoms with van der Waals surface area (Å²) >= 11 is 0. The number of hydrogen-bond donors (Lipinski definition) is 1. The lowest BCUT2D eigenvalue weighted by molar-refractivity contribution is -0.146. The largest absolute Gasteiger partial charge is 0.462 e. The van der Waals surface area contributed by atoms with Gasteiger partial charge in [-0.3, -0.25) is 4.79 Å². The molecule has 0 aromatic rings. The van der Waals surface area contributed by atoms with Crippen LogP contribution in [0, 0.1) is 0 Å². The highest BCUT2D eigenvalue weighted by Crippen LogP contribution is 1.88. The van der Waals surface area contributed by atoms with Gasteiger partial charge in [0.25, 0.3) is 0 Å². The third-order valence-electron chi connectivity index (χ3n) is 1.71. The van der Waals surface area contributed by atoms with Gasteiger partial charge in [0.15, 0.2) is 0 Å². The first kappa shape index (κ1) is 15.3. The first-order valence-electron chi connectivity index (χ1n) is 5.63. The molecular weight excluding hydrogens is 210 g/mol. The molecule has 0 saturated carbocycles. The topological polar surface area (TPSA) is 56.8 Å². The summed E-state index contributed by atoms with van der Waals surface area (Å²) in [5, 5.41) is 3.00. The van der Waals surface area contributed by atoms with Crippen molar-refractivity contribution in [2.75, 3.05) is 40.0 Å². The molecule has 0 rings (SSSR count). The Labute approximate surface area is 97.4 Å². The highest BCUT2D eigenvalue weighted by Gasteiger charge is 2.03. The van der Waals surface area contributed by atoms with E-state index in [9.17, 15) is 4.79 Å². The van der Waals surface area contributed by atoms with Crippen LogP contribution in [-0.2, 0) is 19.0 Å².